The predicted octanol–water partition coefficient (Wildman–Crippen LogP) is 3.04. The minimum atomic E-state index is -1.02. The lowest BCUT2D eigenvalue weighted by atomic mass is 9.94. The molecule has 0 saturated heterocycles. The molecule has 2 nitrogen and oxygen atoms in total. The van der Waals surface area contributed by atoms with Gasteiger partial charge in [0.2, 0.25) is 0 Å². The van der Waals surface area contributed by atoms with Gasteiger partial charge in [-0.05, 0) is 35.6 Å². The molecule has 0 aliphatic carbocycles. The Bertz CT molecular complexity index is 560. The average molecular weight is 268 g/mol. The van der Waals surface area contributed by atoms with E-state index in [4.69, 9.17) is 11.6 Å². The molecule has 0 bridgehead atoms. The monoisotopic (exact) mass is 267 g/mol. The number of hydrogen-bond donors (Lipinski definition) is 0. The van der Waals surface area contributed by atoms with Gasteiger partial charge in [0.05, 0.1) is 0 Å². The van der Waals surface area contributed by atoms with Gasteiger partial charge in [-0.2, -0.15) is 0 Å². The maximum absolute atomic E-state index is 11.2. The predicted molar refractivity (Wildman–Crippen MR) is 69.4 cm³/mol. The van der Waals surface area contributed by atoms with Gasteiger partial charge in [-0.3, -0.25) is 0 Å². The summed E-state index contributed by atoms with van der Waals surface area (Å²) < 4.78 is 1.05. The fraction of sp³-hybridized carbons (Fsp3) is 0.308. The third kappa shape index (κ3) is 2.45. The summed E-state index contributed by atoms with van der Waals surface area (Å²) in [4.78, 5) is 12.0. The molecule has 0 amide bonds. The molecule has 4 heteroatoms. The fourth-order valence-corrected chi connectivity index (χ4v) is 3.39. The van der Waals surface area contributed by atoms with Crippen LogP contribution in [-0.2, 0) is 4.79 Å². The lowest BCUT2D eigenvalue weighted by Gasteiger charge is -2.20. The van der Waals surface area contributed by atoms with Gasteiger partial charge >= 0.3 is 0 Å². The Balaban J connectivity index is 2.51. The van der Waals surface area contributed by atoms with Crippen molar-refractivity contribution in [1.82, 2.24) is 0 Å². The van der Waals surface area contributed by atoms with Gasteiger partial charge in [0, 0.05) is 26.5 Å². The van der Waals surface area contributed by atoms with Crippen molar-refractivity contribution in [2.75, 3.05) is 0 Å². The third-order valence-electron chi connectivity index (χ3n) is 2.72. The van der Waals surface area contributed by atoms with Crippen LogP contribution in [-0.4, -0.2) is 5.97 Å². The van der Waals surface area contributed by atoms with E-state index in [-0.39, 0.29) is 5.92 Å². The van der Waals surface area contributed by atoms with Crippen LogP contribution >= 0.6 is 22.9 Å². The van der Waals surface area contributed by atoms with Gasteiger partial charge < -0.3 is 9.90 Å². The number of rotatable bonds is 3. The Kier molecular flexibility index (Phi) is 3.40. The first-order valence-corrected chi connectivity index (χ1v) is 6.58. The van der Waals surface area contributed by atoms with Gasteiger partial charge in [-0.15, -0.1) is 11.3 Å². The lowest BCUT2D eigenvalue weighted by molar-refractivity contribution is -0.309. The third-order valence-corrected chi connectivity index (χ3v) is 4.16. The molecule has 0 spiro atoms. The summed E-state index contributed by atoms with van der Waals surface area (Å²) in [6, 6.07) is 7.47. The molecule has 1 unspecified atom stereocenters. The minimum absolute atomic E-state index is 0.0172. The molecular formula is C13H12ClO2S-. The molecule has 90 valence electrons. The Hall–Kier alpha value is -1.06. The second-order valence-electron chi connectivity index (χ2n) is 4.37. The van der Waals surface area contributed by atoms with E-state index in [0.29, 0.717) is 5.02 Å². The van der Waals surface area contributed by atoms with Crippen molar-refractivity contribution < 1.29 is 9.90 Å². The first kappa shape index (κ1) is 12.4. The van der Waals surface area contributed by atoms with E-state index in [1.54, 1.807) is 0 Å². The molecule has 2 aromatic rings. The summed E-state index contributed by atoms with van der Waals surface area (Å²) in [5.74, 6) is -1.55. The van der Waals surface area contributed by atoms with E-state index >= 15 is 0 Å². The zero-order valence-corrected chi connectivity index (χ0v) is 11.1. The molecule has 0 fully saturated rings. The summed E-state index contributed by atoms with van der Waals surface area (Å²) in [7, 11) is 0. The molecule has 17 heavy (non-hydrogen) atoms. The molecule has 0 saturated carbocycles. The zero-order chi connectivity index (χ0) is 12.6. The molecular weight excluding hydrogens is 256 g/mol. The topological polar surface area (TPSA) is 40.1 Å². The molecule has 1 heterocycles. The molecule has 0 aliphatic heterocycles. The fourth-order valence-electron chi connectivity index (χ4n) is 1.90. The summed E-state index contributed by atoms with van der Waals surface area (Å²) in [5.41, 5.74) is 0. The SMILES string of the molecule is CC(C)C(C(=O)[O-])c1cc2cc(Cl)ccc2s1. The number of halogens is 1. The molecule has 0 radical (unpaired) electrons. The Morgan fingerprint density at radius 2 is 2.06 bits per heavy atom. The van der Waals surface area contributed by atoms with E-state index in [9.17, 15) is 9.90 Å². The van der Waals surface area contributed by atoms with Crippen LogP contribution in [0.4, 0.5) is 0 Å². The molecule has 1 aromatic heterocycles. The van der Waals surface area contributed by atoms with Gasteiger partial charge in [-0.25, -0.2) is 0 Å². The van der Waals surface area contributed by atoms with E-state index < -0.39 is 11.9 Å². The molecule has 2 rings (SSSR count). The number of carbonyl (C=O) groups excluding carboxylic acids is 1. The van der Waals surface area contributed by atoms with E-state index in [0.717, 1.165) is 15.0 Å². The molecule has 0 N–H and O–H groups in total. The minimum Gasteiger partial charge on any atom is -0.549 e. The first-order chi connectivity index (χ1) is 7.99. The van der Waals surface area contributed by atoms with Crippen LogP contribution in [0.5, 0.6) is 0 Å². The highest BCUT2D eigenvalue weighted by Gasteiger charge is 2.19. The van der Waals surface area contributed by atoms with Crippen molar-refractivity contribution in [1.29, 1.82) is 0 Å². The van der Waals surface area contributed by atoms with Gasteiger partial charge in [0.1, 0.15) is 0 Å². The number of benzene rings is 1. The van der Waals surface area contributed by atoms with Crippen LogP contribution in [0.3, 0.4) is 0 Å². The van der Waals surface area contributed by atoms with Crippen LogP contribution in [0.25, 0.3) is 10.1 Å². The summed E-state index contributed by atoms with van der Waals surface area (Å²) in [6.07, 6.45) is 0. The van der Waals surface area contributed by atoms with Crippen LogP contribution in [0.1, 0.15) is 24.6 Å². The standard InChI is InChI=1S/C13H13ClO2S/c1-7(2)12(13(15)16)11-6-8-5-9(14)3-4-10(8)17-11/h3-7,12H,1-2H3,(H,15,16)/p-1. The van der Waals surface area contributed by atoms with Gasteiger partial charge in [-0.1, -0.05) is 25.4 Å². The van der Waals surface area contributed by atoms with Gasteiger partial charge in [0.15, 0.2) is 0 Å². The summed E-state index contributed by atoms with van der Waals surface area (Å²) >= 11 is 7.40. The van der Waals surface area contributed by atoms with Gasteiger partial charge in [0.25, 0.3) is 0 Å². The van der Waals surface area contributed by atoms with Crippen molar-refractivity contribution >= 4 is 39.0 Å². The summed E-state index contributed by atoms with van der Waals surface area (Å²) in [6.45, 7) is 3.77. The number of carboxylic acid groups (broad SMARTS) is 1. The zero-order valence-electron chi connectivity index (χ0n) is 9.57. The van der Waals surface area contributed by atoms with Crippen LogP contribution in [0.15, 0.2) is 24.3 Å². The maximum Gasteiger partial charge on any atom is 0.0500 e. The Morgan fingerprint density at radius 1 is 1.35 bits per heavy atom. The number of fused-ring (bicyclic) bond motifs is 1. The van der Waals surface area contributed by atoms with Crippen molar-refractivity contribution in [2.24, 2.45) is 5.92 Å². The quantitative estimate of drug-likeness (QED) is 0.858. The van der Waals surface area contributed by atoms with Crippen LogP contribution < -0.4 is 5.11 Å². The Labute approximate surface area is 109 Å². The highest BCUT2D eigenvalue weighted by molar-refractivity contribution is 7.19. The second kappa shape index (κ2) is 4.67. The van der Waals surface area contributed by atoms with Crippen LogP contribution in [0, 0.1) is 5.92 Å². The highest BCUT2D eigenvalue weighted by Crippen LogP contribution is 2.35. The number of carbonyl (C=O) groups is 1. The first-order valence-electron chi connectivity index (χ1n) is 5.39. The van der Waals surface area contributed by atoms with Crippen LogP contribution in [0.2, 0.25) is 5.02 Å². The number of aliphatic carboxylic acids is 1. The van der Waals surface area contributed by atoms with E-state index in [1.165, 1.54) is 11.3 Å². The van der Waals surface area contributed by atoms with Crippen molar-refractivity contribution in [3.8, 4) is 0 Å². The maximum atomic E-state index is 11.2. The molecule has 1 atom stereocenters. The molecule has 1 aromatic carbocycles. The van der Waals surface area contributed by atoms with Crippen molar-refractivity contribution in [2.45, 2.75) is 19.8 Å². The number of hydrogen-bond acceptors (Lipinski definition) is 3. The number of carboxylic acids is 1. The smallest absolute Gasteiger partial charge is 0.0500 e. The summed E-state index contributed by atoms with van der Waals surface area (Å²) in [5, 5.41) is 12.8. The second-order valence-corrected chi connectivity index (χ2v) is 5.92. The highest BCUT2D eigenvalue weighted by atomic mass is 35.5. The van der Waals surface area contributed by atoms with E-state index in [2.05, 4.69) is 0 Å². The van der Waals surface area contributed by atoms with Crippen molar-refractivity contribution in [3.63, 3.8) is 0 Å². The molecule has 0 aliphatic rings. The normalized spacial score (nSPS) is 13.2. The van der Waals surface area contributed by atoms with Crippen molar-refractivity contribution in [3.05, 3.63) is 34.2 Å². The van der Waals surface area contributed by atoms with E-state index in [1.807, 2.05) is 38.1 Å². The Morgan fingerprint density at radius 3 is 2.65 bits per heavy atom. The number of thiophene rings is 1. The average Bonchev–Trinajstić information content (AvgIpc) is 2.58. The lowest BCUT2D eigenvalue weighted by Crippen LogP contribution is -2.32. The largest absolute Gasteiger partial charge is 0.549 e.